The number of primary amides is 1. The Morgan fingerprint density at radius 2 is 2.10 bits per heavy atom. The number of hydrogen-bond donors (Lipinski definition) is 1. The number of nitrogens with two attached hydrogens (primary N) is 1. The van der Waals surface area contributed by atoms with E-state index in [9.17, 15) is 10.1 Å². The molecule has 4 heterocycles. The third kappa shape index (κ3) is 2.99. The third-order valence-electron chi connectivity index (χ3n) is 7.26. The van der Waals surface area contributed by atoms with E-state index >= 15 is 0 Å². The fourth-order valence-corrected chi connectivity index (χ4v) is 5.56. The molecule has 1 aromatic heterocycles. The maximum Gasteiger partial charge on any atom is 0.248 e. The number of ether oxygens (including phenoxy) is 1. The molecule has 0 radical (unpaired) electrons. The summed E-state index contributed by atoms with van der Waals surface area (Å²) in [6, 6.07) is 7.82. The van der Waals surface area contributed by atoms with Crippen molar-refractivity contribution < 1.29 is 9.53 Å². The third-order valence-corrected chi connectivity index (χ3v) is 7.26. The van der Waals surface area contributed by atoms with E-state index in [0.29, 0.717) is 35.8 Å². The van der Waals surface area contributed by atoms with Gasteiger partial charge in [-0.05, 0) is 56.4 Å². The molecule has 4 aliphatic rings. The molecule has 1 amide bonds. The van der Waals surface area contributed by atoms with Crippen LogP contribution in [0.25, 0.3) is 0 Å². The molecule has 4 atom stereocenters. The Morgan fingerprint density at radius 3 is 2.84 bits per heavy atom. The summed E-state index contributed by atoms with van der Waals surface area (Å²) in [7, 11) is 0. The van der Waals surface area contributed by atoms with Gasteiger partial charge in [0.2, 0.25) is 11.9 Å². The largest absolute Gasteiger partial charge is 0.486 e. The summed E-state index contributed by atoms with van der Waals surface area (Å²) >= 11 is 0. The van der Waals surface area contributed by atoms with Crippen LogP contribution in [0.2, 0.25) is 0 Å². The van der Waals surface area contributed by atoms with Gasteiger partial charge in [0.1, 0.15) is 11.9 Å². The summed E-state index contributed by atoms with van der Waals surface area (Å²) in [6.07, 6.45) is 9.49. The molecule has 1 aromatic carbocycles. The Kier molecular flexibility index (Phi) is 4.07. The van der Waals surface area contributed by atoms with Crippen molar-refractivity contribution in [1.82, 2.24) is 14.9 Å². The minimum atomic E-state index is -0.484. The summed E-state index contributed by atoms with van der Waals surface area (Å²) in [5, 5.41) is 9.59. The first-order valence-corrected chi connectivity index (χ1v) is 11.0. The second-order valence-corrected chi connectivity index (χ2v) is 9.07. The first-order valence-electron chi connectivity index (χ1n) is 11.0. The molecule has 2 N–H and O–H groups in total. The van der Waals surface area contributed by atoms with Crippen LogP contribution in [0.4, 0.5) is 11.6 Å². The molecule has 8 heteroatoms. The zero-order chi connectivity index (χ0) is 21.1. The predicted molar refractivity (Wildman–Crippen MR) is 113 cm³/mol. The molecule has 6 rings (SSSR count). The first kappa shape index (κ1) is 18.4. The molecule has 2 saturated heterocycles. The average molecular weight is 416 g/mol. The number of aromatic nitrogens is 2. The van der Waals surface area contributed by atoms with Crippen LogP contribution in [-0.2, 0) is 0 Å². The summed E-state index contributed by atoms with van der Waals surface area (Å²) in [5.74, 6) is 1.58. The lowest BCUT2D eigenvalue weighted by molar-refractivity contribution is 0.0992. The Hall–Kier alpha value is -3.34. The molecule has 3 fully saturated rings. The van der Waals surface area contributed by atoms with Gasteiger partial charge < -0.3 is 20.3 Å². The van der Waals surface area contributed by atoms with Crippen molar-refractivity contribution in [2.75, 3.05) is 11.4 Å². The lowest BCUT2D eigenvalue weighted by Gasteiger charge is -2.39. The number of carbonyl (C=O) groups is 1. The molecular formula is C23H24N6O2. The monoisotopic (exact) mass is 416 g/mol. The van der Waals surface area contributed by atoms with Crippen LogP contribution in [0.3, 0.4) is 0 Å². The molecule has 2 bridgehead atoms. The van der Waals surface area contributed by atoms with Crippen LogP contribution in [-0.4, -0.2) is 45.5 Å². The Labute approximate surface area is 180 Å². The van der Waals surface area contributed by atoms with Crippen LogP contribution >= 0.6 is 0 Å². The van der Waals surface area contributed by atoms with Gasteiger partial charge in [-0.3, -0.25) is 4.79 Å². The summed E-state index contributed by atoms with van der Waals surface area (Å²) in [6.45, 7) is 0.615. The molecule has 1 saturated carbocycles. The highest BCUT2D eigenvalue weighted by atomic mass is 16.5. The van der Waals surface area contributed by atoms with Crippen molar-refractivity contribution in [3.8, 4) is 11.9 Å². The van der Waals surface area contributed by atoms with Gasteiger partial charge in [0.05, 0.1) is 12.2 Å². The predicted octanol–water partition coefficient (Wildman–Crippen LogP) is 2.69. The van der Waals surface area contributed by atoms with Gasteiger partial charge in [0.15, 0.2) is 6.19 Å². The van der Waals surface area contributed by atoms with Crippen molar-refractivity contribution >= 4 is 17.5 Å². The van der Waals surface area contributed by atoms with Gasteiger partial charge in [0.25, 0.3) is 0 Å². The van der Waals surface area contributed by atoms with Crippen molar-refractivity contribution in [3.05, 3.63) is 41.7 Å². The number of amides is 1. The SMILES string of the molecule is N#CN1C2CCC1C(C1CN(c3nccc(C4CC4)n3)c3ccc(C(N)=O)cc3O1)C2. The van der Waals surface area contributed by atoms with Crippen molar-refractivity contribution in [1.29, 1.82) is 5.26 Å². The number of carbonyl (C=O) groups excluding carboxylic acids is 1. The van der Waals surface area contributed by atoms with E-state index in [1.54, 1.807) is 12.1 Å². The maximum absolute atomic E-state index is 11.8. The summed E-state index contributed by atoms with van der Waals surface area (Å²) in [5.41, 5.74) is 7.86. The topological polar surface area (TPSA) is 108 Å². The molecule has 158 valence electrons. The fraction of sp³-hybridized carbons (Fsp3) is 0.478. The fourth-order valence-electron chi connectivity index (χ4n) is 5.56. The van der Waals surface area contributed by atoms with E-state index in [1.807, 2.05) is 23.2 Å². The van der Waals surface area contributed by atoms with Crippen molar-refractivity contribution in [2.45, 2.75) is 56.2 Å². The smallest absolute Gasteiger partial charge is 0.248 e. The van der Waals surface area contributed by atoms with E-state index < -0.39 is 5.91 Å². The van der Waals surface area contributed by atoms with Gasteiger partial charge in [0, 0.05) is 41.4 Å². The Bertz CT molecular complexity index is 1090. The number of anilines is 2. The summed E-state index contributed by atoms with van der Waals surface area (Å²) in [4.78, 5) is 25.3. The van der Waals surface area contributed by atoms with Crippen molar-refractivity contribution in [2.24, 2.45) is 11.7 Å². The average Bonchev–Trinajstić information content (AvgIpc) is 3.50. The zero-order valence-corrected chi connectivity index (χ0v) is 17.1. The van der Waals surface area contributed by atoms with Gasteiger partial charge >= 0.3 is 0 Å². The van der Waals surface area contributed by atoms with E-state index in [0.717, 1.165) is 30.6 Å². The molecule has 1 aliphatic carbocycles. The molecule has 2 aromatic rings. The number of nitriles is 1. The molecule has 31 heavy (non-hydrogen) atoms. The standard InChI is InChI=1S/C23H24N6O2/c24-12-29-15-4-6-18(29)16(10-15)21-11-28(23-26-8-7-17(27-23)13-1-2-13)19-5-3-14(22(25)30)9-20(19)31-21/h3,5,7-9,13,15-16,18,21H,1-2,4,6,10-11H2,(H2,25,30). The highest BCUT2D eigenvalue weighted by Crippen LogP contribution is 2.47. The van der Waals surface area contributed by atoms with Gasteiger partial charge in [-0.15, -0.1) is 0 Å². The van der Waals surface area contributed by atoms with E-state index in [-0.39, 0.29) is 18.1 Å². The van der Waals surface area contributed by atoms with Crippen LogP contribution in [0, 0.1) is 17.4 Å². The first-order chi connectivity index (χ1) is 15.1. The van der Waals surface area contributed by atoms with Gasteiger partial charge in [-0.25, -0.2) is 9.97 Å². The Morgan fingerprint density at radius 1 is 1.23 bits per heavy atom. The van der Waals surface area contributed by atoms with Gasteiger partial charge in [-0.1, -0.05) is 0 Å². The van der Waals surface area contributed by atoms with E-state index in [2.05, 4.69) is 16.1 Å². The van der Waals surface area contributed by atoms with Crippen LogP contribution < -0.4 is 15.4 Å². The minimum Gasteiger partial charge on any atom is -0.486 e. The Balaban J connectivity index is 1.39. The second kappa shape index (κ2) is 6.84. The van der Waals surface area contributed by atoms with Crippen LogP contribution in [0.15, 0.2) is 30.5 Å². The zero-order valence-electron chi connectivity index (χ0n) is 17.1. The highest BCUT2D eigenvalue weighted by Gasteiger charge is 2.51. The van der Waals surface area contributed by atoms with Crippen LogP contribution in [0.5, 0.6) is 5.75 Å². The number of rotatable bonds is 4. The summed E-state index contributed by atoms with van der Waals surface area (Å²) < 4.78 is 6.45. The number of nitrogens with zero attached hydrogens (tertiary/aromatic N) is 5. The normalized spacial score (nSPS) is 28.7. The minimum absolute atomic E-state index is 0.116. The van der Waals surface area contributed by atoms with E-state index in [1.165, 1.54) is 12.8 Å². The van der Waals surface area contributed by atoms with Gasteiger partial charge in [-0.2, -0.15) is 5.26 Å². The maximum atomic E-state index is 11.8. The molecule has 8 nitrogen and oxygen atoms in total. The molecule has 4 unspecified atom stereocenters. The van der Waals surface area contributed by atoms with Crippen LogP contribution in [0.1, 0.15) is 54.1 Å². The highest BCUT2D eigenvalue weighted by molar-refractivity contribution is 5.94. The van der Waals surface area contributed by atoms with Crippen molar-refractivity contribution in [3.63, 3.8) is 0 Å². The van der Waals surface area contributed by atoms with E-state index in [4.69, 9.17) is 15.5 Å². The molecule has 3 aliphatic heterocycles. The number of hydrogen-bond acceptors (Lipinski definition) is 7. The number of benzene rings is 1. The molecule has 0 spiro atoms. The quantitative estimate of drug-likeness (QED) is 0.763. The lowest BCUT2D eigenvalue weighted by Crippen LogP contribution is -2.46. The second-order valence-electron chi connectivity index (χ2n) is 9.07. The molecular weight excluding hydrogens is 392 g/mol. The lowest BCUT2D eigenvalue weighted by atomic mass is 9.84. The number of fused-ring (bicyclic) bond motifs is 3.